The molecule has 0 saturated heterocycles. The molecule has 5 nitrogen and oxygen atoms in total. The number of halogens is 1. The van der Waals surface area contributed by atoms with Gasteiger partial charge in [0.05, 0.1) is 17.8 Å². The summed E-state index contributed by atoms with van der Waals surface area (Å²) in [4.78, 5) is 15.9. The first kappa shape index (κ1) is 17.1. The van der Waals surface area contributed by atoms with Gasteiger partial charge in [0, 0.05) is 11.6 Å². The van der Waals surface area contributed by atoms with Crippen LogP contribution in [0.15, 0.2) is 41.6 Å². The van der Waals surface area contributed by atoms with Crippen LogP contribution in [-0.4, -0.2) is 23.1 Å². The smallest absolute Gasteiger partial charge is 0.257 e. The van der Waals surface area contributed by atoms with Crippen molar-refractivity contribution in [1.82, 2.24) is 10.4 Å². The van der Waals surface area contributed by atoms with E-state index in [1.165, 1.54) is 0 Å². The maximum atomic E-state index is 11.6. The van der Waals surface area contributed by atoms with E-state index in [2.05, 4.69) is 15.5 Å². The molecule has 0 bridgehead atoms. The van der Waals surface area contributed by atoms with Crippen LogP contribution in [0, 0.1) is 5.92 Å². The van der Waals surface area contributed by atoms with Gasteiger partial charge in [0.2, 0.25) is 0 Å². The molecule has 0 aliphatic heterocycles. The topological polar surface area (TPSA) is 80.4 Å². The molecule has 0 saturated carbocycles. The van der Waals surface area contributed by atoms with E-state index in [4.69, 9.17) is 5.73 Å². The van der Waals surface area contributed by atoms with Gasteiger partial charge in [-0.15, -0.1) is 0 Å². The van der Waals surface area contributed by atoms with Crippen LogP contribution in [0.2, 0.25) is 0 Å². The normalized spacial score (nSPS) is 12.4. The van der Waals surface area contributed by atoms with Crippen LogP contribution in [0.4, 0.5) is 0 Å². The van der Waals surface area contributed by atoms with Crippen molar-refractivity contribution in [2.24, 2.45) is 16.8 Å². The summed E-state index contributed by atoms with van der Waals surface area (Å²) in [5.74, 6) is -0.198. The van der Waals surface area contributed by atoms with Crippen LogP contribution in [0.1, 0.15) is 19.4 Å². The van der Waals surface area contributed by atoms with Gasteiger partial charge < -0.3 is 18.1 Å². The highest BCUT2D eigenvalue weighted by molar-refractivity contribution is 5.89. The average molecular weight is 306 g/mol. The first-order valence-electron chi connectivity index (χ1n) is 6.51. The SMILES string of the molecule is CC(C)[C@@H](N)C(=O)NN=Cc1ccc2ncccc2c1.[Cl-]. The molecule has 1 amide bonds. The fraction of sp³-hybridized carbons (Fsp3) is 0.267. The van der Waals surface area contributed by atoms with E-state index >= 15 is 0 Å². The molecule has 1 aromatic carbocycles. The predicted molar refractivity (Wildman–Crippen MR) is 80.3 cm³/mol. The maximum absolute atomic E-state index is 11.6. The third kappa shape index (κ3) is 4.51. The number of rotatable bonds is 4. The van der Waals surface area contributed by atoms with Gasteiger partial charge in [-0.3, -0.25) is 9.78 Å². The number of benzene rings is 1. The standard InChI is InChI=1S/C15H18N4O.ClH/c1-10(2)14(16)15(20)19-18-9-11-5-6-13-12(8-11)4-3-7-17-13;/h3-10,14H,16H2,1-2H3,(H,19,20);1H/p-1/t14-;/m1./s1. The van der Waals surface area contributed by atoms with E-state index in [-0.39, 0.29) is 24.2 Å². The number of amides is 1. The highest BCUT2D eigenvalue weighted by atomic mass is 35.5. The molecule has 3 N–H and O–H groups in total. The van der Waals surface area contributed by atoms with E-state index in [1.807, 2.05) is 44.2 Å². The lowest BCUT2D eigenvalue weighted by molar-refractivity contribution is -0.123. The summed E-state index contributed by atoms with van der Waals surface area (Å²) >= 11 is 0. The number of pyridine rings is 1. The van der Waals surface area contributed by atoms with Crippen LogP contribution in [0.25, 0.3) is 10.9 Å². The third-order valence-electron chi connectivity index (χ3n) is 3.04. The van der Waals surface area contributed by atoms with Gasteiger partial charge in [0.15, 0.2) is 0 Å². The van der Waals surface area contributed by atoms with E-state index < -0.39 is 6.04 Å². The number of hydrogen-bond acceptors (Lipinski definition) is 4. The van der Waals surface area contributed by atoms with Gasteiger partial charge in [-0.1, -0.05) is 26.0 Å². The molecule has 0 aliphatic carbocycles. The van der Waals surface area contributed by atoms with Crippen molar-refractivity contribution in [3.8, 4) is 0 Å². The second kappa shape index (κ2) is 7.71. The fourth-order valence-corrected chi connectivity index (χ4v) is 1.72. The summed E-state index contributed by atoms with van der Waals surface area (Å²) in [6, 6.07) is 9.08. The minimum absolute atomic E-state index is 0. The maximum Gasteiger partial charge on any atom is 0.257 e. The Morgan fingerprint density at radius 2 is 2.14 bits per heavy atom. The molecule has 0 radical (unpaired) electrons. The van der Waals surface area contributed by atoms with Crippen molar-refractivity contribution >= 4 is 23.0 Å². The molecule has 6 heteroatoms. The Balaban J connectivity index is 0.00000220. The third-order valence-corrected chi connectivity index (χ3v) is 3.04. The van der Waals surface area contributed by atoms with E-state index in [1.54, 1.807) is 12.4 Å². The summed E-state index contributed by atoms with van der Waals surface area (Å²) in [6.45, 7) is 3.79. The zero-order chi connectivity index (χ0) is 14.5. The molecule has 1 aromatic heterocycles. The molecule has 0 aliphatic rings. The van der Waals surface area contributed by atoms with Gasteiger partial charge in [-0.2, -0.15) is 5.10 Å². The van der Waals surface area contributed by atoms with E-state index in [9.17, 15) is 4.79 Å². The molecule has 0 unspecified atom stereocenters. The summed E-state index contributed by atoms with van der Waals surface area (Å²) in [5, 5.41) is 4.96. The monoisotopic (exact) mass is 305 g/mol. The van der Waals surface area contributed by atoms with Crippen molar-refractivity contribution in [3.63, 3.8) is 0 Å². The molecule has 1 atom stereocenters. The lowest BCUT2D eigenvalue weighted by Crippen LogP contribution is -3.00. The molecule has 21 heavy (non-hydrogen) atoms. The van der Waals surface area contributed by atoms with Crippen molar-refractivity contribution in [2.45, 2.75) is 19.9 Å². The lowest BCUT2D eigenvalue weighted by atomic mass is 10.1. The van der Waals surface area contributed by atoms with Crippen molar-refractivity contribution in [1.29, 1.82) is 0 Å². The van der Waals surface area contributed by atoms with Gasteiger partial charge in [-0.25, -0.2) is 5.43 Å². The van der Waals surface area contributed by atoms with Crippen LogP contribution in [0.3, 0.4) is 0 Å². The zero-order valence-corrected chi connectivity index (χ0v) is 12.7. The number of nitrogens with zero attached hydrogens (tertiary/aromatic N) is 2. The van der Waals surface area contributed by atoms with Gasteiger partial charge in [0.25, 0.3) is 5.91 Å². The molecule has 0 spiro atoms. The summed E-state index contributed by atoms with van der Waals surface area (Å²) in [7, 11) is 0. The number of aromatic nitrogens is 1. The average Bonchev–Trinajstić information content (AvgIpc) is 2.46. The van der Waals surface area contributed by atoms with Crippen LogP contribution in [-0.2, 0) is 4.79 Å². The summed E-state index contributed by atoms with van der Waals surface area (Å²) in [5.41, 5.74) is 9.99. The Morgan fingerprint density at radius 1 is 1.38 bits per heavy atom. The van der Waals surface area contributed by atoms with Crippen LogP contribution < -0.4 is 23.6 Å². The first-order valence-corrected chi connectivity index (χ1v) is 6.51. The van der Waals surface area contributed by atoms with Crippen molar-refractivity contribution in [3.05, 3.63) is 42.1 Å². The summed E-state index contributed by atoms with van der Waals surface area (Å²) < 4.78 is 0. The second-order valence-corrected chi connectivity index (χ2v) is 4.96. The van der Waals surface area contributed by atoms with Crippen molar-refractivity contribution in [2.75, 3.05) is 0 Å². The highest BCUT2D eigenvalue weighted by Crippen LogP contribution is 2.11. The first-order chi connectivity index (χ1) is 9.58. The minimum Gasteiger partial charge on any atom is -1.00 e. The van der Waals surface area contributed by atoms with Gasteiger partial charge >= 0.3 is 0 Å². The lowest BCUT2D eigenvalue weighted by Gasteiger charge is -2.12. The van der Waals surface area contributed by atoms with Crippen LogP contribution >= 0.6 is 0 Å². The number of hydrogen-bond donors (Lipinski definition) is 2. The van der Waals surface area contributed by atoms with E-state index in [0.29, 0.717) is 0 Å². The number of nitrogens with two attached hydrogens (primary N) is 1. The molecule has 112 valence electrons. The molecule has 2 rings (SSSR count). The molecular formula is C15H18ClN4O-. The molecule has 1 heterocycles. The quantitative estimate of drug-likeness (QED) is 0.543. The molecular weight excluding hydrogens is 288 g/mol. The highest BCUT2D eigenvalue weighted by Gasteiger charge is 2.15. The fourth-order valence-electron chi connectivity index (χ4n) is 1.72. The Kier molecular flexibility index (Phi) is 6.27. The minimum atomic E-state index is -0.548. The zero-order valence-electron chi connectivity index (χ0n) is 12.0. The number of carbonyl (C=O) groups excluding carboxylic acids is 1. The Labute approximate surface area is 130 Å². The Bertz CT molecular complexity index is 642. The molecule has 2 aromatic rings. The number of hydrazone groups is 1. The largest absolute Gasteiger partial charge is 1.00 e. The van der Waals surface area contributed by atoms with Crippen molar-refractivity contribution < 1.29 is 17.2 Å². The molecule has 0 fully saturated rings. The number of carbonyl (C=O) groups is 1. The number of fused-ring (bicyclic) bond motifs is 1. The van der Waals surface area contributed by atoms with E-state index in [0.717, 1.165) is 16.5 Å². The predicted octanol–water partition coefficient (Wildman–Crippen LogP) is -1.33. The number of nitrogens with one attached hydrogen (secondary N) is 1. The van der Waals surface area contributed by atoms with Gasteiger partial charge in [-0.05, 0) is 29.7 Å². The summed E-state index contributed by atoms with van der Waals surface area (Å²) in [6.07, 6.45) is 3.35. The van der Waals surface area contributed by atoms with Crippen LogP contribution in [0.5, 0.6) is 0 Å². The van der Waals surface area contributed by atoms with Gasteiger partial charge in [0.1, 0.15) is 0 Å². The Hall–Kier alpha value is -1.98. The Morgan fingerprint density at radius 3 is 2.86 bits per heavy atom. The second-order valence-electron chi connectivity index (χ2n) is 4.96.